The number of hydrogen-bond acceptors (Lipinski definition) is 4. The number of Topliss-reactive ketones (excluding diaryl/α,β-unsaturated/α-hetero) is 1. The summed E-state index contributed by atoms with van der Waals surface area (Å²) in [5, 5.41) is 9.59. The Kier molecular flexibility index (Phi) is 4.28. The molecule has 0 saturated heterocycles. The summed E-state index contributed by atoms with van der Waals surface area (Å²) in [5.74, 6) is 1.36. The molecule has 0 aliphatic heterocycles. The van der Waals surface area contributed by atoms with Crippen LogP contribution in [0, 0.1) is 34.0 Å². The highest BCUT2D eigenvalue weighted by Gasteiger charge is 2.65. The van der Waals surface area contributed by atoms with Gasteiger partial charge in [-0.15, -0.1) is 0 Å². The molecule has 0 amide bonds. The Balaban J connectivity index is 1.75. The highest BCUT2D eigenvalue weighted by Crippen LogP contribution is 2.72. The fourth-order valence-electron chi connectivity index (χ4n) is 7.56. The summed E-state index contributed by atoms with van der Waals surface area (Å²) < 4.78 is 0. The molecule has 0 aromatic heterocycles. The van der Waals surface area contributed by atoms with Gasteiger partial charge in [-0.1, -0.05) is 20.8 Å². The maximum Gasteiger partial charge on any atom is 0.161 e. The molecule has 3 saturated carbocycles. The average Bonchev–Trinajstić information content (AvgIpc) is 2.95. The molecule has 4 heteroatoms. The van der Waals surface area contributed by atoms with Gasteiger partial charge in [0.15, 0.2) is 11.6 Å². The monoisotopic (exact) mass is 376 g/mol. The Morgan fingerprint density at radius 3 is 2.62 bits per heavy atom. The van der Waals surface area contributed by atoms with Crippen LogP contribution in [0.3, 0.4) is 0 Å². The first kappa shape index (κ1) is 18.7. The molecule has 0 heterocycles. The molecule has 7 atom stereocenters. The molecule has 1 N–H and O–H groups in total. The van der Waals surface area contributed by atoms with E-state index >= 15 is 0 Å². The molecule has 4 rings (SSSR count). The van der Waals surface area contributed by atoms with E-state index in [2.05, 4.69) is 20.8 Å². The van der Waals surface area contributed by atoms with Crippen molar-refractivity contribution in [2.24, 2.45) is 34.0 Å². The van der Waals surface area contributed by atoms with Crippen molar-refractivity contribution in [2.75, 3.05) is 6.61 Å². The number of rotatable bonds is 2. The van der Waals surface area contributed by atoms with Crippen LogP contribution in [0.4, 0.5) is 0 Å². The third kappa shape index (κ3) is 2.24. The van der Waals surface area contributed by atoms with E-state index in [-0.39, 0.29) is 45.6 Å². The van der Waals surface area contributed by atoms with Crippen LogP contribution in [0.25, 0.3) is 0 Å². The normalized spacial score (nSPS) is 50.5. The highest BCUT2D eigenvalue weighted by molar-refractivity contribution is 7.81. The Morgan fingerprint density at radius 2 is 1.92 bits per heavy atom. The van der Waals surface area contributed by atoms with Crippen molar-refractivity contribution in [3.63, 3.8) is 0 Å². The van der Waals surface area contributed by atoms with Gasteiger partial charge in [0.25, 0.3) is 0 Å². The number of aliphatic hydroxyl groups excluding tert-OH is 1. The molecule has 7 unspecified atom stereocenters. The number of ketones is 2. The third-order valence-electron chi connectivity index (χ3n) is 9.36. The van der Waals surface area contributed by atoms with Gasteiger partial charge in [-0.25, -0.2) is 0 Å². The fraction of sp³-hybridized carbons (Fsp3) is 0.818. The minimum atomic E-state index is -0.323. The van der Waals surface area contributed by atoms with Crippen molar-refractivity contribution in [1.82, 2.24) is 0 Å². The van der Waals surface area contributed by atoms with Gasteiger partial charge >= 0.3 is 0 Å². The number of aliphatic hydroxyl groups is 1. The van der Waals surface area contributed by atoms with Crippen LogP contribution >= 0.6 is 12.6 Å². The van der Waals surface area contributed by atoms with Crippen LogP contribution in [0.1, 0.15) is 65.7 Å². The van der Waals surface area contributed by atoms with Crippen molar-refractivity contribution in [3.05, 3.63) is 11.6 Å². The molecule has 26 heavy (non-hydrogen) atoms. The predicted octanol–water partition coefficient (Wildman–Crippen LogP) is 3.99. The smallest absolute Gasteiger partial charge is 0.161 e. The first-order valence-corrected chi connectivity index (χ1v) is 10.8. The first-order valence-electron chi connectivity index (χ1n) is 10.2. The molecule has 4 aliphatic carbocycles. The topological polar surface area (TPSA) is 54.4 Å². The van der Waals surface area contributed by atoms with Gasteiger partial charge in [0, 0.05) is 17.6 Å². The Morgan fingerprint density at radius 1 is 1.19 bits per heavy atom. The number of carbonyl (C=O) groups is 2. The van der Waals surface area contributed by atoms with Crippen LogP contribution < -0.4 is 0 Å². The van der Waals surface area contributed by atoms with E-state index in [1.54, 1.807) is 0 Å². The number of hydrogen-bond donors (Lipinski definition) is 2. The zero-order valence-electron chi connectivity index (χ0n) is 16.3. The minimum absolute atomic E-state index is 0.0121. The van der Waals surface area contributed by atoms with E-state index in [0.717, 1.165) is 38.5 Å². The van der Waals surface area contributed by atoms with Gasteiger partial charge in [0.1, 0.15) is 6.61 Å². The predicted molar refractivity (Wildman–Crippen MR) is 105 cm³/mol. The zero-order chi connectivity index (χ0) is 18.9. The van der Waals surface area contributed by atoms with Crippen LogP contribution in [-0.2, 0) is 9.59 Å². The van der Waals surface area contributed by atoms with Crippen molar-refractivity contribution in [2.45, 2.75) is 71.0 Å². The van der Waals surface area contributed by atoms with Crippen molar-refractivity contribution < 1.29 is 14.7 Å². The summed E-state index contributed by atoms with van der Waals surface area (Å²) in [6, 6.07) is 0. The zero-order valence-corrected chi connectivity index (χ0v) is 17.1. The van der Waals surface area contributed by atoms with Crippen molar-refractivity contribution in [1.29, 1.82) is 0 Å². The van der Waals surface area contributed by atoms with Crippen molar-refractivity contribution >= 4 is 24.2 Å². The van der Waals surface area contributed by atoms with Crippen LogP contribution in [0.5, 0.6) is 0 Å². The summed E-state index contributed by atoms with van der Waals surface area (Å²) in [6.07, 6.45) is 8.65. The highest BCUT2D eigenvalue weighted by atomic mass is 32.1. The molecule has 0 aromatic carbocycles. The van der Waals surface area contributed by atoms with E-state index in [9.17, 15) is 14.7 Å². The molecular weight excluding hydrogens is 344 g/mol. The van der Waals surface area contributed by atoms with Crippen LogP contribution in [-0.4, -0.2) is 28.5 Å². The maximum atomic E-state index is 12.4. The van der Waals surface area contributed by atoms with Gasteiger partial charge < -0.3 is 5.11 Å². The van der Waals surface area contributed by atoms with Crippen molar-refractivity contribution in [3.8, 4) is 0 Å². The number of thiol groups is 1. The lowest BCUT2D eigenvalue weighted by Gasteiger charge is -2.65. The molecule has 3 nitrogen and oxygen atoms in total. The molecule has 3 fully saturated rings. The van der Waals surface area contributed by atoms with E-state index in [4.69, 9.17) is 12.6 Å². The number of fused-ring (bicyclic) bond motifs is 5. The second kappa shape index (κ2) is 5.94. The molecule has 0 spiro atoms. The van der Waals surface area contributed by atoms with Gasteiger partial charge in [-0.3, -0.25) is 9.59 Å². The fourth-order valence-corrected chi connectivity index (χ4v) is 8.15. The van der Waals surface area contributed by atoms with Crippen LogP contribution in [0.15, 0.2) is 11.6 Å². The summed E-state index contributed by atoms with van der Waals surface area (Å²) in [7, 11) is 0. The lowest BCUT2D eigenvalue weighted by molar-refractivity contribution is -0.142. The lowest BCUT2D eigenvalue weighted by atomic mass is 9.40. The Bertz CT molecular complexity index is 685. The van der Waals surface area contributed by atoms with Crippen LogP contribution in [0.2, 0.25) is 0 Å². The molecule has 144 valence electrons. The minimum Gasteiger partial charge on any atom is -0.389 e. The first-order chi connectivity index (χ1) is 12.2. The standard InChI is InChI=1S/C22H32O3S/c1-20-8-9-22(3)16(14(20)4-5-15(20)18(25)12-23)11-19(26)17-10-13(24)6-7-21(17,22)2/h10,14-16,19,23,26H,4-9,11-12H2,1-3H3. The molecule has 0 aromatic rings. The number of carbonyl (C=O) groups excluding carboxylic acids is 2. The Hall–Kier alpha value is -0.610. The van der Waals surface area contributed by atoms with Gasteiger partial charge in [0.05, 0.1) is 0 Å². The largest absolute Gasteiger partial charge is 0.389 e. The summed E-state index contributed by atoms with van der Waals surface area (Å²) >= 11 is 4.94. The average molecular weight is 377 g/mol. The molecule has 4 aliphatic rings. The Labute approximate surface area is 162 Å². The quantitative estimate of drug-likeness (QED) is 0.717. The second-order valence-corrected chi connectivity index (χ2v) is 10.7. The maximum absolute atomic E-state index is 12.4. The van der Waals surface area contributed by atoms with Gasteiger partial charge in [-0.2, -0.15) is 12.6 Å². The van der Waals surface area contributed by atoms with E-state index in [1.807, 2.05) is 6.08 Å². The molecule has 0 bridgehead atoms. The van der Waals surface area contributed by atoms with Gasteiger partial charge in [0.2, 0.25) is 0 Å². The second-order valence-electron chi connectivity index (χ2n) is 10.0. The lowest BCUT2D eigenvalue weighted by Crippen LogP contribution is -2.59. The summed E-state index contributed by atoms with van der Waals surface area (Å²) in [6.45, 7) is 6.79. The third-order valence-corrected chi connectivity index (χ3v) is 9.85. The van der Waals surface area contributed by atoms with E-state index in [0.29, 0.717) is 18.3 Å². The summed E-state index contributed by atoms with van der Waals surface area (Å²) in [4.78, 5) is 24.5. The molecular formula is C22H32O3S. The SMILES string of the molecule is CC12CCC3(C)C(CC(S)C4=CC(=O)CCC43C)C1CCC2C(=O)CO. The van der Waals surface area contributed by atoms with E-state index < -0.39 is 0 Å². The summed E-state index contributed by atoms with van der Waals surface area (Å²) in [5.41, 5.74) is 1.48. The molecule has 0 radical (unpaired) electrons. The van der Waals surface area contributed by atoms with Gasteiger partial charge in [-0.05, 0) is 78.3 Å². The van der Waals surface area contributed by atoms with E-state index in [1.165, 1.54) is 5.57 Å².